The molecule has 1 N–H and O–H groups in total. The van der Waals surface area contributed by atoms with Crippen molar-refractivity contribution in [3.05, 3.63) is 59.7 Å². The van der Waals surface area contributed by atoms with E-state index in [1.54, 1.807) is 14.2 Å². The predicted molar refractivity (Wildman–Crippen MR) is 93.2 cm³/mol. The molecule has 0 saturated carbocycles. The Morgan fingerprint density at radius 1 is 0.909 bits per heavy atom. The molecule has 2 rings (SSSR count). The third-order valence-electron chi connectivity index (χ3n) is 3.49. The van der Waals surface area contributed by atoms with E-state index in [9.17, 15) is 0 Å². The summed E-state index contributed by atoms with van der Waals surface area (Å²) >= 11 is 0. The number of rotatable bonds is 7. The summed E-state index contributed by atoms with van der Waals surface area (Å²) in [7, 11) is 3.31. The molecule has 3 nitrogen and oxygen atoms in total. The first kappa shape index (κ1) is 18.3. The van der Waals surface area contributed by atoms with Gasteiger partial charge in [-0.25, -0.2) is 0 Å². The van der Waals surface area contributed by atoms with Crippen LogP contribution in [-0.2, 0) is 13.0 Å². The molecule has 0 spiro atoms. The minimum Gasteiger partial charge on any atom is -0.493 e. The Balaban J connectivity index is 0.00000242. The summed E-state index contributed by atoms with van der Waals surface area (Å²) in [4.78, 5) is 0. The molecule has 2 aromatic carbocycles. The molecule has 0 aromatic heterocycles. The second-order valence-corrected chi connectivity index (χ2v) is 5.16. The molecule has 0 aliphatic rings. The third kappa shape index (κ3) is 5.24. The van der Waals surface area contributed by atoms with E-state index < -0.39 is 0 Å². The lowest BCUT2D eigenvalue weighted by molar-refractivity contribution is 0.354. The largest absolute Gasteiger partial charge is 0.493 e. The van der Waals surface area contributed by atoms with Crippen molar-refractivity contribution in [3.63, 3.8) is 0 Å². The molecule has 0 heterocycles. The number of halogens is 1. The van der Waals surface area contributed by atoms with Gasteiger partial charge in [0.05, 0.1) is 14.2 Å². The topological polar surface area (TPSA) is 30.5 Å². The standard InChI is InChI=1S/C18H23NO2.ClH/c1-14(11-15-7-5-4-6-8-15)19-13-16-9-10-17(20-2)18(12-16)21-3;/h4-10,12,14,19H,11,13H2,1-3H3;1H. The van der Waals surface area contributed by atoms with Crippen LogP contribution in [0.15, 0.2) is 48.5 Å². The number of hydrogen-bond donors (Lipinski definition) is 1. The van der Waals surface area contributed by atoms with Crippen LogP contribution >= 0.6 is 12.4 Å². The van der Waals surface area contributed by atoms with Crippen LogP contribution in [0.3, 0.4) is 0 Å². The fourth-order valence-electron chi connectivity index (χ4n) is 2.32. The van der Waals surface area contributed by atoms with E-state index in [2.05, 4.69) is 42.6 Å². The highest BCUT2D eigenvalue weighted by molar-refractivity contribution is 5.85. The van der Waals surface area contributed by atoms with Crippen LogP contribution < -0.4 is 14.8 Å². The fraction of sp³-hybridized carbons (Fsp3) is 0.333. The van der Waals surface area contributed by atoms with E-state index in [1.165, 1.54) is 11.1 Å². The van der Waals surface area contributed by atoms with Gasteiger partial charge in [-0.2, -0.15) is 0 Å². The van der Waals surface area contributed by atoms with Crippen molar-refractivity contribution >= 4 is 12.4 Å². The zero-order chi connectivity index (χ0) is 15.1. The lowest BCUT2D eigenvalue weighted by Crippen LogP contribution is -2.27. The highest BCUT2D eigenvalue weighted by atomic mass is 35.5. The fourth-order valence-corrected chi connectivity index (χ4v) is 2.32. The maximum absolute atomic E-state index is 5.33. The van der Waals surface area contributed by atoms with Gasteiger partial charge in [0.1, 0.15) is 0 Å². The first-order valence-electron chi connectivity index (χ1n) is 7.21. The second-order valence-electron chi connectivity index (χ2n) is 5.16. The smallest absolute Gasteiger partial charge is 0.161 e. The normalized spacial score (nSPS) is 11.4. The molecule has 1 unspecified atom stereocenters. The summed E-state index contributed by atoms with van der Waals surface area (Å²) in [6, 6.07) is 17.0. The zero-order valence-electron chi connectivity index (χ0n) is 13.3. The number of hydrogen-bond acceptors (Lipinski definition) is 3. The van der Waals surface area contributed by atoms with Crippen LogP contribution in [0.5, 0.6) is 11.5 Å². The summed E-state index contributed by atoms with van der Waals surface area (Å²) in [6.07, 6.45) is 1.02. The first-order chi connectivity index (χ1) is 10.2. The van der Waals surface area contributed by atoms with Gasteiger partial charge in [-0.05, 0) is 36.6 Å². The van der Waals surface area contributed by atoms with E-state index in [0.717, 1.165) is 24.5 Å². The Kier molecular flexibility index (Phi) is 7.78. The Hall–Kier alpha value is -1.71. The summed E-state index contributed by atoms with van der Waals surface area (Å²) in [5.41, 5.74) is 2.54. The molecule has 1 atom stereocenters. The average molecular weight is 322 g/mol. The van der Waals surface area contributed by atoms with Crippen LogP contribution in [0.2, 0.25) is 0 Å². The summed E-state index contributed by atoms with van der Waals surface area (Å²) in [5.74, 6) is 1.53. The lowest BCUT2D eigenvalue weighted by Gasteiger charge is -2.15. The van der Waals surface area contributed by atoms with E-state index in [0.29, 0.717) is 6.04 Å². The van der Waals surface area contributed by atoms with E-state index in [1.807, 2.05) is 18.2 Å². The maximum atomic E-state index is 5.33. The van der Waals surface area contributed by atoms with Crippen molar-refractivity contribution in [2.45, 2.75) is 25.9 Å². The van der Waals surface area contributed by atoms with Crippen LogP contribution in [0.1, 0.15) is 18.1 Å². The van der Waals surface area contributed by atoms with Gasteiger partial charge in [0.2, 0.25) is 0 Å². The number of benzene rings is 2. The molecule has 22 heavy (non-hydrogen) atoms. The Morgan fingerprint density at radius 2 is 1.59 bits per heavy atom. The van der Waals surface area contributed by atoms with Crippen molar-refractivity contribution in [3.8, 4) is 11.5 Å². The maximum Gasteiger partial charge on any atom is 0.161 e. The van der Waals surface area contributed by atoms with Crippen LogP contribution in [0, 0.1) is 0 Å². The molecule has 0 aliphatic heterocycles. The predicted octanol–water partition coefficient (Wildman–Crippen LogP) is 3.85. The first-order valence-corrected chi connectivity index (χ1v) is 7.21. The van der Waals surface area contributed by atoms with Crippen molar-refractivity contribution in [2.75, 3.05) is 14.2 Å². The van der Waals surface area contributed by atoms with Gasteiger partial charge in [-0.1, -0.05) is 36.4 Å². The SMILES string of the molecule is COc1ccc(CNC(C)Cc2ccccc2)cc1OC.Cl. The average Bonchev–Trinajstić information content (AvgIpc) is 2.53. The zero-order valence-corrected chi connectivity index (χ0v) is 14.2. The molecule has 0 amide bonds. The van der Waals surface area contributed by atoms with Crippen molar-refractivity contribution in [1.82, 2.24) is 5.32 Å². The Morgan fingerprint density at radius 3 is 2.23 bits per heavy atom. The third-order valence-corrected chi connectivity index (χ3v) is 3.49. The van der Waals surface area contributed by atoms with E-state index >= 15 is 0 Å². The van der Waals surface area contributed by atoms with E-state index in [-0.39, 0.29) is 12.4 Å². The molecule has 0 aliphatic carbocycles. The minimum absolute atomic E-state index is 0. The molecule has 0 fully saturated rings. The second kappa shape index (κ2) is 9.34. The number of methoxy groups -OCH3 is 2. The van der Waals surface area contributed by atoms with Crippen molar-refractivity contribution < 1.29 is 9.47 Å². The Bertz CT molecular complexity index is 560. The molecule has 2 aromatic rings. The molecule has 120 valence electrons. The van der Waals surface area contributed by atoms with Gasteiger partial charge in [0, 0.05) is 12.6 Å². The van der Waals surface area contributed by atoms with Crippen molar-refractivity contribution in [2.24, 2.45) is 0 Å². The quantitative estimate of drug-likeness (QED) is 0.840. The molecule has 0 bridgehead atoms. The van der Waals surface area contributed by atoms with Crippen LogP contribution in [0.25, 0.3) is 0 Å². The number of nitrogens with one attached hydrogen (secondary N) is 1. The lowest BCUT2D eigenvalue weighted by atomic mass is 10.1. The molecule has 4 heteroatoms. The minimum atomic E-state index is 0. The highest BCUT2D eigenvalue weighted by Gasteiger charge is 2.06. The summed E-state index contributed by atoms with van der Waals surface area (Å²) < 4.78 is 10.6. The van der Waals surface area contributed by atoms with Gasteiger partial charge >= 0.3 is 0 Å². The highest BCUT2D eigenvalue weighted by Crippen LogP contribution is 2.27. The molecular formula is C18H24ClNO2. The van der Waals surface area contributed by atoms with Gasteiger partial charge < -0.3 is 14.8 Å². The van der Waals surface area contributed by atoms with Gasteiger partial charge in [0.25, 0.3) is 0 Å². The molecule has 0 saturated heterocycles. The summed E-state index contributed by atoms with van der Waals surface area (Å²) in [6.45, 7) is 3.02. The van der Waals surface area contributed by atoms with Gasteiger partial charge in [0.15, 0.2) is 11.5 Å². The van der Waals surface area contributed by atoms with Gasteiger partial charge in [-0.15, -0.1) is 12.4 Å². The molecule has 0 radical (unpaired) electrons. The molecular weight excluding hydrogens is 298 g/mol. The monoisotopic (exact) mass is 321 g/mol. The van der Waals surface area contributed by atoms with Gasteiger partial charge in [-0.3, -0.25) is 0 Å². The van der Waals surface area contributed by atoms with Crippen molar-refractivity contribution in [1.29, 1.82) is 0 Å². The number of ether oxygens (including phenoxy) is 2. The van der Waals surface area contributed by atoms with Crippen LogP contribution in [0.4, 0.5) is 0 Å². The summed E-state index contributed by atoms with van der Waals surface area (Å²) in [5, 5.41) is 3.54. The van der Waals surface area contributed by atoms with E-state index in [4.69, 9.17) is 9.47 Å². The Labute approximate surface area is 139 Å². The van der Waals surface area contributed by atoms with Crippen LogP contribution in [-0.4, -0.2) is 20.3 Å².